The summed E-state index contributed by atoms with van der Waals surface area (Å²) in [6.45, 7) is 1.97. The molecule has 2 nitrogen and oxygen atoms in total. The average Bonchev–Trinajstić information content (AvgIpc) is 2.37. The molecule has 0 radical (unpaired) electrons. The third kappa shape index (κ3) is 2.00. The maximum absolute atomic E-state index is 11.4. The van der Waals surface area contributed by atoms with Crippen LogP contribution in [0, 0.1) is 6.92 Å². The molecule has 1 N–H and O–H groups in total. The summed E-state index contributed by atoms with van der Waals surface area (Å²) in [6, 6.07) is 13.6. The highest BCUT2D eigenvalue weighted by Crippen LogP contribution is 2.31. The van der Waals surface area contributed by atoms with Crippen LogP contribution in [0.25, 0.3) is 21.5 Å². The number of fused-ring (bicyclic) bond motifs is 3. The van der Waals surface area contributed by atoms with E-state index in [-0.39, 0.29) is 0 Å². The lowest BCUT2D eigenvalue weighted by Gasteiger charge is -2.09. The topological polar surface area (TPSA) is 37.3 Å². The molecule has 0 saturated heterocycles. The van der Waals surface area contributed by atoms with E-state index in [9.17, 15) is 9.90 Å². The second-order valence-corrected chi connectivity index (χ2v) is 5.56. The highest BCUT2D eigenvalue weighted by atomic mass is 79.9. The van der Waals surface area contributed by atoms with Gasteiger partial charge in [-0.05, 0) is 46.7 Å². The van der Waals surface area contributed by atoms with Crippen LogP contribution in [0.2, 0.25) is 0 Å². The van der Waals surface area contributed by atoms with Gasteiger partial charge in [0.1, 0.15) is 0 Å². The molecule has 3 heteroatoms. The lowest BCUT2D eigenvalue weighted by Crippen LogP contribution is -1.98. The fraction of sp³-hybridized carbons (Fsp3) is 0.0625. The first-order valence-corrected chi connectivity index (χ1v) is 6.71. The third-order valence-corrected chi connectivity index (χ3v) is 3.79. The van der Waals surface area contributed by atoms with Crippen LogP contribution in [0.15, 0.2) is 46.9 Å². The summed E-state index contributed by atoms with van der Waals surface area (Å²) in [5.41, 5.74) is 1.41. The van der Waals surface area contributed by atoms with Gasteiger partial charge in [-0.2, -0.15) is 0 Å². The van der Waals surface area contributed by atoms with Crippen LogP contribution in [0.3, 0.4) is 0 Å². The van der Waals surface area contributed by atoms with Crippen molar-refractivity contribution in [2.75, 3.05) is 0 Å². The zero-order valence-corrected chi connectivity index (χ0v) is 11.9. The number of rotatable bonds is 1. The molecule has 0 amide bonds. The Morgan fingerprint density at radius 3 is 2.53 bits per heavy atom. The molecule has 3 rings (SSSR count). The molecule has 0 atom stereocenters. The monoisotopic (exact) mass is 314 g/mol. The van der Waals surface area contributed by atoms with Gasteiger partial charge in [-0.3, -0.25) is 0 Å². The molecule has 19 heavy (non-hydrogen) atoms. The molecule has 0 aliphatic rings. The number of carboxylic acids is 1. The number of hydrogen-bond donors (Lipinski definition) is 1. The van der Waals surface area contributed by atoms with Gasteiger partial charge in [0.15, 0.2) is 0 Å². The molecule has 0 aliphatic carbocycles. The van der Waals surface area contributed by atoms with E-state index in [1.807, 2.05) is 43.3 Å². The van der Waals surface area contributed by atoms with Gasteiger partial charge >= 0.3 is 5.97 Å². The first-order valence-electron chi connectivity index (χ1n) is 5.92. The van der Waals surface area contributed by atoms with Crippen molar-refractivity contribution in [1.29, 1.82) is 0 Å². The molecule has 0 bridgehead atoms. The van der Waals surface area contributed by atoms with Gasteiger partial charge in [0, 0.05) is 4.47 Å². The molecule has 3 aromatic rings. The van der Waals surface area contributed by atoms with Gasteiger partial charge in [0.05, 0.1) is 5.56 Å². The number of carbonyl (C=O) groups is 1. The molecule has 0 spiro atoms. The second-order valence-electron chi connectivity index (χ2n) is 4.64. The summed E-state index contributed by atoms with van der Waals surface area (Å²) in [6.07, 6.45) is 0. The van der Waals surface area contributed by atoms with Crippen LogP contribution in [-0.2, 0) is 0 Å². The maximum Gasteiger partial charge on any atom is 0.336 e. The van der Waals surface area contributed by atoms with Crippen LogP contribution in [0.1, 0.15) is 15.9 Å². The molecule has 0 aliphatic heterocycles. The third-order valence-electron chi connectivity index (χ3n) is 3.30. The molecule has 94 valence electrons. The lowest BCUT2D eigenvalue weighted by molar-refractivity contribution is 0.0699. The first kappa shape index (κ1) is 12.2. The highest BCUT2D eigenvalue weighted by Gasteiger charge is 2.12. The van der Waals surface area contributed by atoms with Crippen molar-refractivity contribution in [3.63, 3.8) is 0 Å². The second kappa shape index (κ2) is 4.35. The summed E-state index contributed by atoms with van der Waals surface area (Å²) in [4.78, 5) is 11.4. The maximum atomic E-state index is 11.4. The van der Waals surface area contributed by atoms with E-state index in [1.165, 1.54) is 0 Å². The van der Waals surface area contributed by atoms with Gasteiger partial charge in [-0.25, -0.2) is 4.79 Å². The number of halogens is 1. The van der Waals surface area contributed by atoms with Crippen LogP contribution < -0.4 is 0 Å². The molecule has 0 heterocycles. The highest BCUT2D eigenvalue weighted by molar-refractivity contribution is 9.10. The fourth-order valence-electron chi connectivity index (χ4n) is 2.41. The molecule has 0 fully saturated rings. The van der Waals surface area contributed by atoms with Crippen LogP contribution >= 0.6 is 15.9 Å². The molecular weight excluding hydrogens is 304 g/mol. The molecule has 0 unspecified atom stereocenters. The summed E-state index contributed by atoms with van der Waals surface area (Å²) >= 11 is 3.46. The molecular formula is C16H11BrO2. The predicted octanol–water partition coefficient (Wildman–Crippen LogP) is 4.76. The Bertz CT molecular complexity index is 822. The average molecular weight is 315 g/mol. The van der Waals surface area contributed by atoms with Crippen molar-refractivity contribution in [1.82, 2.24) is 0 Å². The van der Waals surface area contributed by atoms with E-state index in [0.717, 1.165) is 31.6 Å². The largest absolute Gasteiger partial charge is 0.478 e. The van der Waals surface area contributed by atoms with Crippen molar-refractivity contribution >= 4 is 43.4 Å². The number of hydrogen-bond acceptors (Lipinski definition) is 1. The zero-order valence-electron chi connectivity index (χ0n) is 10.3. The zero-order chi connectivity index (χ0) is 13.6. The Morgan fingerprint density at radius 1 is 1.00 bits per heavy atom. The Kier molecular flexibility index (Phi) is 2.79. The number of benzene rings is 3. The normalized spacial score (nSPS) is 11.1. The minimum atomic E-state index is -0.889. The molecule has 0 aromatic heterocycles. The van der Waals surface area contributed by atoms with E-state index in [0.29, 0.717) is 5.56 Å². The summed E-state index contributed by atoms with van der Waals surface area (Å²) in [7, 11) is 0. The number of aromatic carboxylic acids is 1. The fourth-order valence-corrected chi connectivity index (χ4v) is 2.77. The van der Waals surface area contributed by atoms with E-state index < -0.39 is 5.97 Å². The van der Waals surface area contributed by atoms with E-state index >= 15 is 0 Å². The summed E-state index contributed by atoms with van der Waals surface area (Å²) < 4.78 is 0.991. The van der Waals surface area contributed by atoms with E-state index in [1.54, 1.807) is 6.07 Å². The smallest absolute Gasteiger partial charge is 0.336 e. The van der Waals surface area contributed by atoms with Gasteiger partial charge in [0.25, 0.3) is 0 Å². The minimum absolute atomic E-state index is 0.355. The number of aryl methyl sites for hydroxylation is 1. The standard InChI is InChI=1S/C16H11BrO2/c1-9-2-5-12-13-8-11(17)4-3-10(13)7-15(16(18)19)14(12)6-9/h2-8H,1H3,(H,18,19). The van der Waals surface area contributed by atoms with E-state index in [2.05, 4.69) is 15.9 Å². The van der Waals surface area contributed by atoms with Crippen molar-refractivity contribution in [3.05, 3.63) is 58.1 Å². The van der Waals surface area contributed by atoms with Crippen LogP contribution in [-0.4, -0.2) is 11.1 Å². The van der Waals surface area contributed by atoms with Crippen LogP contribution in [0.4, 0.5) is 0 Å². The van der Waals surface area contributed by atoms with Crippen molar-refractivity contribution < 1.29 is 9.90 Å². The van der Waals surface area contributed by atoms with Crippen molar-refractivity contribution in [3.8, 4) is 0 Å². The Hall–Kier alpha value is -1.87. The molecule has 0 saturated carbocycles. The molecule has 3 aromatic carbocycles. The summed E-state index contributed by atoms with van der Waals surface area (Å²) in [5.74, 6) is -0.889. The van der Waals surface area contributed by atoms with Crippen molar-refractivity contribution in [2.24, 2.45) is 0 Å². The minimum Gasteiger partial charge on any atom is -0.478 e. The van der Waals surface area contributed by atoms with Gasteiger partial charge < -0.3 is 5.11 Å². The quantitative estimate of drug-likeness (QED) is 0.657. The predicted molar refractivity (Wildman–Crippen MR) is 80.9 cm³/mol. The van der Waals surface area contributed by atoms with Gasteiger partial charge in [-0.15, -0.1) is 0 Å². The summed E-state index contributed by atoms with van der Waals surface area (Å²) in [5, 5.41) is 13.1. The Labute approximate surface area is 118 Å². The van der Waals surface area contributed by atoms with Crippen molar-refractivity contribution in [2.45, 2.75) is 6.92 Å². The first-order chi connectivity index (χ1) is 9.06. The van der Waals surface area contributed by atoms with Gasteiger partial charge in [-0.1, -0.05) is 45.8 Å². The number of carboxylic acid groups (broad SMARTS) is 1. The van der Waals surface area contributed by atoms with E-state index in [4.69, 9.17) is 0 Å². The van der Waals surface area contributed by atoms with Gasteiger partial charge in [0.2, 0.25) is 0 Å². The lowest BCUT2D eigenvalue weighted by atomic mass is 9.96. The Balaban J connectivity index is 2.57. The van der Waals surface area contributed by atoms with Crippen LogP contribution in [0.5, 0.6) is 0 Å². The SMILES string of the molecule is Cc1ccc2c(c1)c(C(=O)O)cc1ccc(Br)cc12. The Morgan fingerprint density at radius 2 is 1.79 bits per heavy atom.